The zero-order valence-corrected chi connectivity index (χ0v) is 7.61. The Morgan fingerprint density at radius 1 is 1.82 bits per heavy atom. The molecule has 0 radical (unpaired) electrons. The lowest BCUT2D eigenvalue weighted by Crippen LogP contribution is -2.06. The Bertz CT molecular complexity index is 221. The molecule has 0 fully saturated rings. The summed E-state index contributed by atoms with van der Waals surface area (Å²) in [6, 6.07) is 0. The summed E-state index contributed by atoms with van der Waals surface area (Å²) in [5.41, 5.74) is 3.66. The van der Waals surface area contributed by atoms with Gasteiger partial charge in [-0.15, -0.1) is 11.3 Å². The van der Waals surface area contributed by atoms with E-state index in [1.165, 1.54) is 0 Å². The fourth-order valence-corrected chi connectivity index (χ4v) is 1.53. The van der Waals surface area contributed by atoms with Crippen LogP contribution in [0.15, 0.2) is 5.38 Å². The summed E-state index contributed by atoms with van der Waals surface area (Å²) in [6.45, 7) is 4.31. The molecule has 3 nitrogen and oxygen atoms in total. The Kier molecular flexibility index (Phi) is 2.84. The lowest BCUT2D eigenvalue weighted by Gasteiger charge is -2.01. The molecule has 1 aromatic heterocycles. The van der Waals surface area contributed by atoms with Crippen LogP contribution in [0.4, 0.5) is 5.13 Å². The van der Waals surface area contributed by atoms with Gasteiger partial charge in [-0.3, -0.25) is 5.43 Å². The third-order valence-corrected chi connectivity index (χ3v) is 2.55. The van der Waals surface area contributed by atoms with E-state index < -0.39 is 0 Å². The van der Waals surface area contributed by atoms with Crippen LogP contribution in [-0.4, -0.2) is 4.98 Å². The standard InChI is InChI=1S/C7H13N3S/c1-3-5(2)6-4-11-7(9-6)10-8/h4-5H,3,8H2,1-2H3,(H,9,10). The molecule has 0 aliphatic heterocycles. The number of hydrogen-bond acceptors (Lipinski definition) is 4. The van der Waals surface area contributed by atoms with E-state index in [0.29, 0.717) is 5.92 Å². The van der Waals surface area contributed by atoms with E-state index in [2.05, 4.69) is 24.3 Å². The summed E-state index contributed by atoms with van der Waals surface area (Å²) < 4.78 is 0. The van der Waals surface area contributed by atoms with E-state index >= 15 is 0 Å². The van der Waals surface area contributed by atoms with Crippen LogP contribution in [0.3, 0.4) is 0 Å². The van der Waals surface area contributed by atoms with E-state index in [1.807, 2.05) is 5.38 Å². The fourth-order valence-electron chi connectivity index (χ4n) is 0.788. The Morgan fingerprint density at radius 3 is 3.00 bits per heavy atom. The minimum absolute atomic E-state index is 0.536. The minimum Gasteiger partial charge on any atom is -0.300 e. The Labute approximate surface area is 70.6 Å². The number of hydrazine groups is 1. The topological polar surface area (TPSA) is 50.9 Å². The van der Waals surface area contributed by atoms with E-state index in [1.54, 1.807) is 11.3 Å². The van der Waals surface area contributed by atoms with Crippen molar-refractivity contribution in [3.8, 4) is 0 Å². The maximum absolute atomic E-state index is 5.20. The quantitative estimate of drug-likeness (QED) is 0.540. The molecule has 0 saturated heterocycles. The second-order valence-corrected chi connectivity index (χ2v) is 3.39. The monoisotopic (exact) mass is 171 g/mol. The van der Waals surface area contributed by atoms with Crippen molar-refractivity contribution in [1.82, 2.24) is 4.98 Å². The molecule has 0 saturated carbocycles. The first-order valence-corrected chi connectivity index (χ1v) is 4.58. The minimum atomic E-state index is 0.536. The smallest absolute Gasteiger partial charge is 0.197 e. The van der Waals surface area contributed by atoms with Crippen LogP contribution in [0.1, 0.15) is 31.9 Å². The van der Waals surface area contributed by atoms with Gasteiger partial charge >= 0.3 is 0 Å². The summed E-state index contributed by atoms with van der Waals surface area (Å²) in [5.74, 6) is 5.74. The molecule has 0 spiro atoms. The molecular formula is C7H13N3S. The maximum atomic E-state index is 5.20. The van der Waals surface area contributed by atoms with Crippen LogP contribution >= 0.6 is 11.3 Å². The molecular weight excluding hydrogens is 158 g/mol. The van der Waals surface area contributed by atoms with Gasteiger partial charge in [0.25, 0.3) is 0 Å². The molecule has 0 amide bonds. The van der Waals surface area contributed by atoms with Crippen molar-refractivity contribution >= 4 is 16.5 Å². The van der Waals surface area contributed by atoms with E-state index in [9.17, 15) is 0 Å². The normalized spacial score (nSPS) is 13.0. The lowest BCUT2D eigenvalue weighted by molar-refractivity contribution is 0.714. The molecule has 1 aromatic rings. The summed E-state index contributed by atoms with van der Waals surface area (Å²) in [5, 5.41) is 2.84. The molecule has 1 heterocycles. The number of nitrogens with two attached hydrogens (primary N) is 1. The average Bonchev–Trinajstić information content (AvgIpc) is 2.50. The van der Waals surface area contributed by atoms with Crippen LogP contribution in [0.2, 0.25) is 0 Å². The Morgan fingerprint density at radius 2 is 2.55 bits per heavy atom. The number of hydrogen-bond donors (Lipinski definition) is 2. The van der Waals surface area contributed by atoms with Gasteiger partial charge in [-0.2, -0.15) is 0 Å². The molecule has 1 rings (SSSR count). The van der Waals surface area contributed by atoms with Crippen molar-refractivity contribution in [2.45, 2.75) is 26.2 Å². The van der Waals surface area contributed by atoms with Crippen molar-refractivity contribution in [3.63, 3.8) is 0 Å². The van der Waals surface area contributed by atoms with E-state index in [4.69, 9.17) is 5.84 Å². The molecule has 11 heavy (non-hydrogen) atoms. The second-order valence-electron chi connectivity index (χ2n) is 2.53. The van der Waals surface area contributed by atoms with Crippen LogP contribution in [0, 0.1) is 0 Å². The van der Waals surface area contributed by atoms with Gasteiger partial charge in [0.15, 0.2) is 5.13 Å². The predicted octanol–water partition coefficient (Wildman–Crippen LogP) is 1.94. The highest BCUT2D eigenvalue weighted by molar-refractivity contribution is 7.13. The molecule has 1 atom stereocenters. The number of nitrogen functional groups attached to an aromatic ring is 1. The van der Waals surface area contributed by atoms with Crippen LogP contribution in [-0.2, 0) is 0 Å². The van der Waals surface area contributed by atoms with Crippen LogP contribution in [0.5, 0.6) is 0 Å². The van der Waals surface area contributed by atoms with Crippen molar-refractivity contribution in [3.05, 3.63) is 11.1 Å². The highest BCUT2D eigenvalue weighted by Crippen LogP contribution is 2.22. The van der Waals surface area contributed by atoms with Crippen LogP contribution < -0.4 is 11.3 Å². The van der Waals surface area contributed by atoms with Gasteiger partial charge in [-0.05, 0) is 12.3 Å². The van der Waals surface area contributed by atoms with Gasteiger partial charge in [0.2, 0.25) is 0 Å². The largest absolute Gasteiger partial charge is 0.300 e. The predicted molar refractivity (Wildman–Crippen MR) is 48.6 cm³/mol. The third kappa shape index (κ3) is 1.91. The molecule has 0 aliphatic rings. The Hall–Kier alpha value is -0.610. The highest BCUT2D eigenvalue weighted by Gasteiger charge is 2.06. The first kappa shape index (κ1) is 8.49. The van der Waals surface area contributed by atoms with Crippen molar-refractivity contribution in [2.24, 2.45) is 5.84 Å². The van der Waals surface area contributed by atoms with Crippen LogP contribution in [0.25, 0.3) is 0 Å². The zero-order chi connectivity index (χ0) is 8.27. The molecule has 1 unspecified atom stereocenters. The van der Waals surface area contributed by atoms with Gasteiger partial charge in [0.1, 0.15) is 0 Å². The molecule has 0 bridgehead atoms. The number of aromatic nitrogens is 1. The molecule has 62 valence electrons. The fraction of sp³-hybridized carbons (Fsp3) is 0.571. The molecule has 0 aromatic carbocycles. The average molecular weight is 171 g/mol. The lowest BCUT2D eigenvalue weighted by atomic mass is 10.1. The maximum Gasteiger partial charge on any atom is 0.197 e. The van der Waals surface area contributed by atoms with Crippen molar-refractivity contribution < 1.29 is 0 Å². The number of thiazole rings is 1. The molecule has 3 N–H and O–H groups in total. The van der Waals surface area contributed by atoms with Gasteiger partial charge in [0.05, 0.1) is 5.69 Å². The Balaban J connectivity index is 2.71. The van der Waals surface area contributed by atoms with Gasteiger partial charge < -0.3 is 0 Å². The van der Waals surface area contributed by atoms with Crippen molar-refractivity contribution in [1.29, 1.82) is 0 Å². The van der Waals surface area contributed by atoms with Crippen molar-refractivity contribution in [2.75, 3.05) is 5.43 Å². The zero-order valence-electron chi connectivity index (χ0n) is 6.79. The highest BCUT2D eigenvalue weighted by atomic mass is 32.1. The third-order valence-electron chi connectivity index (χ3n) is 1.76. The number of nitrogens with zero attached hydrogens (tertiary/aromatic N) is 1. The van der Waals surface area contributed by atoms with E-state index in [0.717, 1.165) is 17.2 Å². The van der Waals surface area contributed by atoms with E-state index in [-0.39, 0.29) is 0 Å². The number of anilines is 1. The summed E-state index contributed by atoms with van der Waals surface area (Å²) in [4.78, 5) is 4.28. The number of nitrogens with one attached hydrogen (secondary N) is 1. The summed E-state index contributed by atoms with van der Waals surface area (Å²) in [6.07, 6.45) is 1.12. The first-order chi connectivity index (χ1) is 5.27. The van der Waals surface area contributed by atoms with Gasteiger partial charge in [-0.1, -0.05) is 13.8 Å². The van der Waals surface area contributed by atoms with Gasteiger partial charge in [0, 0.05) is 5.38 Å². The molecule has 0 aliphatic carbocycles. The van der Waals surface area contributed by atoms with Gasteiger partial charge in [-0.25, -0.2) is 10.8 Å². The first-order valence-electron chi connectivity index (χ1n) is 3.70. The number of rotatable bonds is 3. The summed E-state index contributed by atoms with van der Waals surface area (Å²) >= 11 is 1.55. The second kappa shape index (κ2) is 3.69. The SMILES string of the molecule is CCC(C)c1csc(NN)n1. The summed E-state index contributed by atoms with van der Waals surface area (Å²) in [7, 11) is 0. The molecule has 4 heteroatoms.